The van der Waals surface area contributed by atoms with Gasteiger partial charge < -0.3 is 0 Å². The summed E-state index contributed by atoms with van der Waals surface area (Å²) in [5, 5.41) is 0. The molecule has 1 rings (SSSR count). The van der Waals surface area contributed by atoms with E-state index in [0.717, 1.165) is 5.92 Å². The lowest BCUT2D eigenvalue weighted by Gasteiger charge is -2.15. The molecule has 0 heteroatoms. The Bertz CT molecular complexity index is 487. The standard InChI is InChI=1S/C20H30/c1-8-19(17(7)15(4)5)20-12-11-18(13-16(20)6)10-9-14(2)3/h8,11-15H,1,9-10H2,2-7H3/b19-17+. The number of benzene rings is 1. The van der Waals surface area contributed by atoms with Crippen LogP contribution in [0.1, 0.15) is 57.7 Å². The van der Waals surface area contributed by atoms with Gasteiger partial charge in [0.25, 0.3) is 0 Å². The molecule has 0 aliphatic heterocycles. The van der Waals surface area contributed by atoms with Crippen LogP contribution in [0, 0.1) is 18.8 Å². The van der Waals surface area contributed by atoms with Crippen molar-refractivity contribution in [2.75, 3.05) is 0 Å². The average molecular weight is 270 g/mol. The zero-order valence-corrected chi connectivity index (χ0v) is 14.1. The Labute approximate surface area is 125 Å². The van der Waals surface area contributed by atoms with E-state index >= 15 is 0 Å². The SMILES string of the molecule is C=C/C(=C(/C)C(C)C)c1ccc(CCC(C)C)cc1C. The third-order valence-corrected chi connectivity index (χ3v) is 4.09. The maximum absolute atomic E-state index is 4.01. The van der Waals surface area contributed by atoms with Crippen LogP contribution in [0.2, 0.25) is 0 Å². The van der Waals surface area contributed by atoms with Crippen LogP contribution < -0.4 is 0 Å². The van der Waals surface area contributed by atoms with Gasteiger partial charge in [0.15, 0.2) is 0 Å². The Balaban J connectivity index is 3.09. The summed E-state index contributed by atoms with van der Waals surface area (Å²) in [7, 11) is 0. The third kappa shape index (κ3) is 4.37. The van der Waals surface area contributed by atoms with Crippen LogP contribution in [0.25, 0.3) is 5.57 Å². The van der Waals surface area contributed by atoms with Crippen molar-refractivity contribution < 1.29 is 0 Å². The second-order valence-corrected chi connectivity index (χ2v) is 6.54. The first-order chi connectivity index (χ1) is 9.36. The van der Waals surface area contributed by atoms with Gasteiger partial charge in [0.2, 0.25) is 0 Å². The summed E-state index contributed by atoms with van der Waals surface area (Å²) in [6.45, 7) is 17.5. The molecule has 0 unspecified atom stereocenters. The Kier molecular flexibility index (Phi) is 6.26. The van der Waals surface area contributed by atoms with E-state index in [-0.39, 0.29) is 0 Å². The summed E-state index contributed by atoms with van der Waals surface area (Å²) >= 11 is 0. The van der Waals surface area contributed by atoms with Crippen molar-refractivity contribution in [1.82, 2.24) is 0 Å². The average Bonchev–Trinajstić information content (AvgIpc) is 2.38. The zero-order valence-electron chi connectivity index (χ0n) is 14.1. The van der Waals surface area contributed by atoms with Gasteiger partial charge >= 0.3 is 0 Å². The summed E-state index contributed by atoms with van der Waals surface area (Å²) < 4.78 is 0. The smallest absolute Gasteiger partial charge is 0.0155 e. The Morgan fingerprint density at radius 3 is 2.30 bits per heavy atom. The Hall–Kier alpha value is -1.30. The lowest BCUT2D eigenvalue weighted by Crippen LogP contribution is -1.98. The normalized spacial score (nSPS) is 12.8. The van der Waals surface area contributed by atoms with E-state index in [1.54, 1.807) is 0 Å². The molecule has 1 aromatic rings. The highest BCUT2D eigenvalue weighted by molar-refractivity contribution is 5.78. The minimum atomic E-state index is 0.558. The topological polar surface area (TPSA) is 0 Å². The molecule has 0 aromatic heterocycles. The van der Waals surface area contributed by atoms with E-state index in [0.29, 0.717) is 5.92 Å². The molecule has 0 nitrogen and oxygen atoms in total. The molecule has 110 valence electrons. The van der Waals surface area contributed by atoms with Crippen molar-refractivity contribution in [2.24, 2.45) is 11.8 Å². The molecule has 0 aliphatic carbocycles. The quantitative estimate of drug-likeness (QED) is 0.540. The second kappa shape index (κ2) is 7.47. The van der Waals surface area contributed by atoms with Crippen molar-refractivity contribution in [1.29, 1.82) is 0 Å². The van der Waals surface area contributed by atoms with Crippen molar-refractivity contribution >= 4 is 5.57 Å². The van der Waals surface area contributed by atoms with Gasteiger partial charge in [0.1, 0.15) is 0 Å². The monoisotopic (exact) mass is 270 g/mol. The highest BCUT2D eigenvalue weighted by atomic mass is 14.1. The largest absolute Gasteiger partial charge is 0.0984 e. The molecule has 0 amide bonds. The van der Waals surface area contributed by atoms with Crippen LogP contribution >= 0.6 is 0 Å². The maximum Gasteiger partial charge on any atom is -0.0155 e. The summed E-state index contributed by atoms with van der Waals surface area (Å²) in [4.78, 5) is 0. The van der Waals surface area contributed by atoms with Crippen molar-refractivity contribution in [3.63, 3.8) is 0 Å². The summed E-state index contributed by atoms with van der Waals surface area (Å²) in [6.07, 6.45) is 4.44. The predicted octanol–water partition coefficient (Wildman–Crippen LogP) is 6.20. The van der Waals surface area contributed by atoms with E-state index in [1.165, 1.54) is 40.7 Å². The van der Waals surface area contributed by atoms with Gasteiger partial charge in [0, 0.05) is 0 Å². The first kappa shape index (κ1) is 16.8. The Morgan fingerprint density at radius 2 is 1.85 bits per heavy atom. The predicted molar refractivity (Wildman–Crippen MR) is 92.0 cm³/mol. The highest BCUT2D eigenvalue weighted by Gasteiger charge is 2.09. The molecule has 0 bridgehead atoms. The lowest BCUT2D eigenvalue weighted by molar-refractivity contribution is 0.586. The third-order valence-electron chi connectivity index (χ3n) is 4.09. The molecule has 0 fully saturated rings. The van der Waals surface area contributed by atoms with Crippen LogP contribution in [-0.4, -0.2) is 0 Å². The number of hydrogen-bond acceptors (Lipinski definition) is 0. The van der Waals surface area contributed by atoms with Crippen LogP contribution in [-0.2, 0) is 6.42 Å². The molecular formula is C20H30. The lowest BCUT2D eigenvalue weighted by atomic mass is 9.90. The molecule has 0 atom stereocenters. The first-order valence-electron chi connectivity index (χ1n) is 7.79. The van der Waals surface area contributed by atoms with Gasteiger partial charge in [-0.05, 0) is 60.8 Å². The molecule has 0 radical (unpaired) electrons. The molecule has 0 heterocycles. The van der Waals surface area contributed by atoms with Crippen LogP contribution in [0.15, 0.2) is 36.4 Å². The van der Waals surface area contributed by atoms with Gasteiger partial charge in [0.05, 0.1) is 0 Å². The fraction of sp³-hybridized carbons (Fsp3) is 0.500. The maximum atomic E-state index is 4.01. The molecule has 0 aliphatic rings. The number of rotatable bonds is 6. The molecule has 20 heavy (non-hydrogen) atoms. The van der Waals surface area contributed by atoms with Crippen molar-refractivity contribution in [3.05, 3.63) is 53.1 Å². The molecule has 0 saturated heterocycles. The van der Waals surface area contributed by atoms with Crippen molar-refractivity contribution in [2.45, 2.75) is 54.4 Å². The number of aryl methyl sites for hydroxylation is 2. The van der Waals surface area contributed by atoms with Crippen molar-refractivity contribution in [3.8, 4) is 0 Å². The molecule has 1 aromatic carbocycles. The molecule has 0 N–H and O–H groups in total. The fourth-order valence-corrected chi connectivity index (χ4v) is 2.43. The van der Waals surface area contributed by atoms with E-state index in [2.05, 4.69) is 66.3 Å². The van der Waals surface area contributed by atoms with Crippen LogP contribution in [0.5, 0.6) is 0 Å². The van der Waals surface area contributed by atoms with Crippen LogP contribution in [0.3, 0.4) is 0 Å². The molecular weight excluding hydrogens is 240 g/mol. The van der Waals surface area contributed by atoms with Gasteiger partial charge in [-0.1, -0.05) is 64.1 Å². The highest BCUT2D eigenvalue weighted by Crippen LogP contribution is 2.28. The zero-order chi connectivity index (χ0) is 15.3. The van der Waals surface area contributed by atoms with E-state index in [1.807, 2.05) is 6.08 Å². The second-order valence-electron chi connectivity index (χ2n) is 6.54. The minimum absolute atomic E-state index is 0.558. The van der Waals surface area contributed by atoms with E-state index in [4.69, 9.17) is 0 Å². The van der Waals surface area contributed by atoms with Gasteiger partial charge in [-0.2, -0.15) is 0 Å². The van der Waals surface area contributed by atoms with Gasteiger partial charge in [-0.15, -0.1) is 0 Å². The van der Waals surface area contributed by atoms with E-state index < -0.39 is 0 Å². The Morgan fingerprint density at radius 1 is 1.20 bits per heavy atom. The fourth-order valence-electron chi connectivity index (χ4n) is 2.43. The number of hydrogen-bond donors (Lipinski definition) is 0. The summed E-state index contributed by atoms with van der Waals surface area (Å²) in [5.74, 6) is 1.32. The minimum Gasteiger partial charge on any atom is -0.0984 e. The summed E-state index contributed by atoms with van der Waals surface area (Å²) in [5.41, 5.74) is 6.86. The first-order valence-corrected chi connectivity index (χ1v) is 7.79. The number of allylic oxidation sites excluding steroid dienone is 3. The summed E-state index contributed by atoms with van der Waals surface area (Å²) in [6, 6.07) is 6.89. The molecule has 0 saturated carbocycles. The van der Waals surface area contributed by atoms with Gasteiger partial charge in [-0.25, -0.2) is 0 Å². The van der Waals surface area contributed by atoms with E-state index in [9.17, 15) is 0 Å². The van der Waals surface area contributed by atoms with Crippen LogP contribution in [0.4, 0.5) is 0 Å². The molecule has 0 spiro atoms. The van der Waals surface area contributed by atoms with Gasteiger partial charge in [-0.3, -0.25) is 0 Å².